The number of rotatable bonds is 9. The Bertz CT molecular complexity index is 1300. The number of carboxylic acids is 1. The number of carbonyl (C=O) groups is 1. The molecule has 0 atom stereocenters. The second kappa shape index (κ2) is 10.1. The van der Waals surface area contributed by atoms with Gasteiger partial charge in [-0.05, 0) is 81.6 Å². The Hall–Kier alpha value is -2.97. The highest BCUT2D eigenvalue weighted by atomic mass is 35.5. The minimum Gasteiger partial charge on any atom is -0.497 e. The Morgan fingerprint density at radius 1 is 1.03 bits per heavy atom. The smallest absolute Gasteiger partial charge is 0.352 e. The number of halogens is 1. The normalized spacial score (nSPS) is 11.5. The van der Waals surface area contributed by atoms with Gasteiger partial charge in [-0.3, -0.25) is 0 Å². The van der Waals surface area contributed by atoms with E-state index in [-0.39, 0.29) is 27.6 Å². The van der Waals surface area contributed by atoms with Crippen LogP contribution in [0, 0.1) is 27.7 Å². The average molecular weight is 506 g/mol. The quantitative estimate of drug-likeness (QED) is 0.392. The van der Waals surface area contributed by atoms with Crippen molar-refractivity contribution >= 4 is 27.4 Å². The first-order valence-corrected chi connectivity index (χ1v) is 12.6. The number of carboxylic acid groups (broad SMARTS) is 1. The molecule has 1 aromatic heterocycles. The highest BCUT2D eigenvalue weighted by Crippen LogP contribution is 2.32. The first-order chi connectivity index (χ1) is 16.0. The van der Waals surface area contributed by atoms with Crippen molar-refractivity contribution in [3.63, 3.8) is 0 Å². The summed E-state index contributed by atoms with van der Waals surface area (Å²) in [6.45, 7) is 7.58. The summed E-state index contributed by atoms with van der Waals surface area (Å²) in [5, 5.41) is 10.5. The van der Waals surface area contributed by atoms with Gasteiger partial charge in [0.05, 0.1) is 23.5 Å². The Balaban J connectivity index is 1.87. The molecule has 3 aromatic rings. The molecule has 2 aromatic carbocycles. The summed E-state index contributed by atoms with van der Waals surface area (Å²) < 4.78 is 39.2. The van der Waals surface area contributed by atoms with Crippen molar-refractivity contribution in [2.45, 2.75) is 50.5 Å². The van der Waals surface area contributed by atoms with Gasteiger partial charge in [0.25, 0.3) is 0 Å². The molecule has 0 unspecified atom stereocenters. The monoisotopic (exact) mass is 505 g/mol. The standard InChI is InChI=1S/C25H28ClNO6S/c1-15-13-20(14-16(2)22(15)26)33-12-6-11-27-18(4)24(17(3)23(27)25(28)29)34(30,31)21-9-7-19(32-5)8-10-21/h7-10,13-14H,6,11-12H2,1-5H3,(H,28,29). The molecule has 0 bridgehead atoms. The van der Waals surface area contributed by atoms with Crippen molar-refractivity contribution in [2.24, 2.45) is 0 Å². The molecule has 0 radical (unpaired) electrons. The van der Waals surface area contributed by atoms with Crippen LogP contribution in [0.25, 0.3) is 0 Å². The summed E-state index contributed by atoms with van der Waals surface area (Å²) in [6, 6.07) is 9.73. The summed E-state index contributed by atoms with van der Waals surface area (Å²) in [5.74, 6) is 0.0324. The van der Waals surface area contributed by atoms with Gasteiger partial charge in [-0.25, -0.2) is 13.2 Å². The van der Waals surface area contributed by atoms with E-state index in [1.165, 1.54) is 30.7 Å². The fourth-order valence-electron chi connectivity index (χ4n) is 4.10. The molecule has 9 heteroatoms. The van der Waals surface area contributed by atoms with Crippen LogP contribution in [0.3, 0.4) is 0 Å². The summed E-state index contributed by atoms with van der Waals surface area (Å²) in [5.41, 5.74) is 2.38. The first kappa shape index (κ1) is 25.6. The number of ether oxygens (including phenoxy) is 2. The van der Waals surface area contributed by atoms with Crippen molar-refractivity contribution in [3.8, 4) is 11.5 Å². The van der Waals surface area contributed by atoms with Gasteiger partial charge in [-0.15, -0.1) is 0 Å². The van der Waals surface area contributed by atoms with E-state index in [1.807, 2.05) is 26.0 Å². The van der Waals surface area contributed by atoms with Gasteiger partial charge in [0, 0.05) is 22.8 Å². The Kier molecular flexibility index (Phi) is 7.63. The number of aromatic nitrogens is 1. The van der Waals surface area contributed by atoms with E-state index in [9.17, 15) is 18.3 Å². The maximum absolute atomic E-state index is 13.4. The summed E-state index contributed by atoms with van der Waals surface area (Å²) in [7, 11) is -2.44. The number of methoxy groups -OCH3 is 1. The van der Waals surface area contributed by atoms with Gasteiger partial charge in [0.1, 0.15) is 17.2 Å². The number of sulfone groups is 1. The Morgan fingerprint density at radius 3 is 2.15 bits per heavy atom. The third-order valence-electron chi connectivity index (χ3n) is 5.74. The number of benzene rings is 2. The molecule has 0 amide bonds. The van der Waals surface area contributed by atoms with Crippen LogP contribution < -0.4 is 9.47 Å². The summed E-state index contributed by atoms with van der Waals surface area (Å²) in [4.78, 5) is 12.1. The molecule has 1 heterocycles. The minimum atomic E-state index is -3.93. The molecule has 7 nitrogen and oxygen atoms in total. The van der Waals surface area contributed by atoms with Crippen LogP contribution in [0.4, 0.5) is 0 Å². The zero-order chi connectivity index (χ0) is 25.2. The van der Waals surface area contributed by atoms with Crippen LogP contribution in [0.1, 0.15) is 39.3 Å². The van der Waals surface area contributed by atoms with Gasteiger partial charge in [0.2, 0.25) is 9.84 Å². The van der Waals surface area contributed by atoms with Crippen molar-refractivity contribution in [1.29, 1.82) is 0 Å². The molecule has 1 N–H and O–H groups in total. The highest BCUT2D eigenvalue weighted by Gasteiger charge is 2.31. The Morgan fingerprint density at radius 2 is 1.62 bits per heavy atom. The second-order valence-electron chi connectivity index (χ2n) is 8.10. The fraction of sp³-hybridized carbons (Fsp3) is 0.320. The molecule has 0 aliphatic carbocycles. The molecule has 0 spiro atoms. The Labute approximate surface area is 204 Å². The lowest BCUT2D eigenvalue weighted by atomic mass is 10.1. The number of aromatic carboxylic acids is 1. The average Bonchev–Trinajstić information content (AvgIpc) is 3.04. The lowest BCUT2D eigenvalue weighted by Gasteiger charge is -2.12. The summed E-state index contributed by atoms with van der Waals surface area (Å²) in [6.07, 6.45) is 0.484. The number of hydrogen-bond donors (Lipinski definition) is 1. The van der Waals surface area contributed by atoms with Crippen LogP contribution in [0.2, 0.25) is 5.02 Å². The van der Waals surface area contributed by atoms with E-state index in [0.29, 0.717) is 35.2 Å². The molecule has 34 heavy (non-hydrogen) atoms. The SMILES string of the molecule is COc1ccc(S(=O)(=O)c2c(C)c(C(=O)O)n(CCCOc3cc(C)c(Cl)c(C)c3)c2C)cc1. The highest BCUT2D eigenvalue weighted by molar-refractivity contribution is 7.91. The molecule has 3 rings (SSSR count). The third kappa shape index (κ3) is 4.93. The number of nitrogens with zero attached hydrogens (tertiary/aromatic N) is 1. The molecule has 182 valence electrons. The first-order valence-electron chi connectivity index (χ1n) is 10.7. The van der Waals surface area contributed by atoms with E-state index in [2.05, 4.69) is 0 Å². The van der Waals surface area contributed by atoms with Crippen LogP contribution in [0.15, 0.2) is 46.2 Å². The molecule has 0 aliphatic rings. The van der Waals surface area contributed by atoms with E-state index in [4.69, 9.17) is 21.1 Å². The largest absolute Gasteiger partial charge is 0.497 e. The van der Waals surface area contributed by atoms with Crippen LogP contribution in [-0.2, 0) is 16.4 Å². The lowest BCUT2D eigenvalue weighted by molar-refractivity contribution is 0.0683. The predicted octanol–water partition coefficient (Wildman–Crippen LogP) is 5.38. The van der Waals surface area contributed by atoms with Gasteiger partial charge in [-0.2, -0.15) is 0 Å². The van der Waals surface area contributed by atoms with E-state index in [1.54, 1.807) is 19.1 Å². The molecule has 0 saturated carbocycles. The van der Waals surface area contributed by atoms with Crippen LogP contribution in [-0.4, -0.2) is 37.8 Å². The fourth-order valence-corrected chi connectivity index (χ4v) is 5.94. The van der Waals surface area contributed by atoms with E-state index in [0.717, 1.165) is 11.1 Å². The number of hydrogen-bond acceptors (Lipinski definition) is 5. The zero-order valence-electron chi connectivity index (χ0n) is 19.8. The molecule has 0 aliphatic heterocycles. The third-order valence-corrected chi connectivity index (χ3v) is 8.37. The summed E-state index contributed by atoms with van der Waals surface area (Å²) >= 11 is 6.20. The topological polar surface area (TPSA) is 94.8 Å². The maximum Gasteiger partial charge on any atom is 0.352 e. The number of aryl methyl sites for hydroxylation is 2. The van der Waals surface area contributed by atoms with E-state index >= 15 is 0 Å². The van der Waals surface area contributed by atoms with Crippen LogP contribution >= 0.6 is 11.6 Å². The minimum absolute atomic E-state index is 0.0138. The molecule has 0 fully saturated rings. The van der Waals surface area contributed by atoms with Crippen molar-refractivity contribution in [2.75, 3.05) is 13.7 Å². The predicted molar refractivity (Wildman–Crippen MR) is 130 cm³/mol. The zero-order valence-corrected chi connectivity index (χ0v) is 21.4. The van der Waals surface area contributed by atoms with E-state index < -0.39 is 15.8 Å². The van der Waals surface area contributed by atoms with Crippen LogP contribution in [0.5, 0.6) is 11.5 Å². The molecular formula is C25H28ClNO6S. The van der Waals surface area contributed by atoms with Gasteiger partial charge < -0.3 is 19.1 Å². The van der Waals surface area contributed by atoms with Crippen molar-refractivity contribution in [1.82, 2.24) is 4.57 Å². The molecule has 0 saturated heterocycles. The van der Waals surface area contributed by atoms with Crippen molar-refractivity contribution < 1.29 is 27.8 Å². The second-order valence-corrected chi connectivity index (χ2v) is 10.4. The molecular weight excluding hydrogens is 478 g/mol. The lowest BCUT2D eigenvalue weighted by Crippen LogP contribution is -2.13. The van der Waals surface area contributed by atoms with Crippen molar-refractivity contribution in [3.05, 3.63) is 69.5 Å². The maximum atomic E-state index is 13.4. The van der Waals surface area contributed by atoms with Gasteiger partial charge >= 0.3 is 5.97 Å². The van der Waals surface area contributed by atoms with Gasteiger partial charge in [0.15, 0.2) is 0 Å². The van der Waals surface area contributed by atoms with Gasteiger partial charge in [-0.1, -0.05) is 11.6 Å².